The van der Waals surface area contributed by atoms with Crippen molar-refractivity contribution < 1.29 is 4.79 Å². The van der Waals surface area contributed by atoms with Crippen LogP contribution in [0.1, 0.15) is 41.6 Å². The van der Waals surface area contributed by atoms with Crippen LogP contribution in [0.4, 0.5) is 0 Å². The number of imidazole rings is 1. The maximum absolute atomic E-state index is 12.2. The van der Waals surface area contributed by atoms with Crippen molar-refractivity contribution in [3.05, 3.63) is 89.9 Å². The van der Waals surface area contributed by atoms with E-state index in [0.717, 1.165) is 53.4 Å². The largest absolute Gasteiger partial charge is 0.321 e. The minimum atomic E-state index is 0.658. The summed E-state index contributed by atoms with van der Waals surface area (Å²) in [5.74, 6) is 0.982. The molecule has 0 bridgehead atoms. The molecular formula is C25H24N2O. The van der Waals surface area contributed by atoms with Gasteiger partial charge in [0, 0.05) is 18.5 Å². The van der Waals surface area contributed by atoms with E-state index in [2.05, 4.69) is 47.9 Å². The fourth-order valence-electron chi connectivity index (χ4n) is 3.73. The summed E-state index contributed by atoms with van der Waals surface area (Å²) in [5.41, 5.74) is 3.63. The number of aromatic nitrogens is 2. The van der Waals surface area contributed by atoms with E-state index in [1.807, 2.05) is 36.4 Å². The van der Waals surface area contributed by atoms with Crippen LogP contribution in [0, 0.1) is 0 Å². The smallest absolute Gasteiger partial charge is 0.168 e. The average Bonchev–Trinajstić information content (AvgIpc) is 3.09. The third kappa shape index (κ3) is 3.48. The molecule has 28 heavy (non-hydrogen) atoms. The first-order valence-corrected chi connectivity index (χ1v) is 9.88. The highest BCUT2D eigenvalue weighted by molar-refractivity contribution is 5.99. The Kier molecular flexibility index (Phi) is 5.34. The van der Waals surface area contributed by atoms with E-state index in [9.17, 15) is 4.79 Å². The van der Waals surface area contributed by atoms with Crippen molar-refractivity contribution in [1.29, 1.82) is 0 Å². The Hall–Kier alpha value is -3.20. The number of hydrogen-bond donors (Lipinski definition) is 0. The van der Waals surface area contributed by atoms with Crippen molar-refractivity contribution in [2.75, 3.05) is 0 Å². The molecule has 0 atom stereocenters. The first-order chi connectivity index (χ1) is 13.8. The van der Waals surface area contributed by atoms with Crippen LogP contribution in [0.3, 0.4) is 0 Å². The number of carbonyl (C=O) groups excluding carboxylic acids is 1. The Morgan fingerprint density at radius 3 is 2.46 bits per heavy atom. The van der Waals surface area contributed by atoms with Gasteiger partial charge in [-0.3, -0.25) is 4.79 Å². The average molecular weight is 368 g/mol. The first kappa shape index (κ1) is 18.2. The van der Waals surface area contributed by atoms with Gasteiger partial charge in [0.2, 0.25) is 0 Å². The molecule has 3 nitrogen and oxygen atoms in total. The number of rotatable bonds is 7. The highest BCUT2D eigenvalue weighted by atomic mass is 16.1. The second-order valence-electron chi connectivity index (χ2n) is 7.08. The van der Waals surface area contributed by atoms with Crippen molar-refractivity contribution in [1.82, 2.24) is 9.55 Å². The highest BCUT2D eigenvalue weighted by Crippen LogP contribution is 2.31. The number of benzene rings is 3. The zero-order chi connectivity index (χ0) is 19.3. The van der Waals surface area contributed by atoms with Crippen molar-refractivity contribution in [3.8, 4) is 11.3 Å². The van der Waals surface area contributed by atoms with E-state index in [1.165, 1.54) is 5.56 Å². The Labute approximate surface area is 165 Å². The van der Waals surface area contributed by atoms with Crippen LogP contribution >= 0.6 is 0 Å². The number of aldehydes is 1. The van der Waals surface area contributed by atoms with Crippen LogP contribution in [0.15, 0.2) is 72.8 Å². The van der Waals surface area contributed by atoms with Crippen molar-refractivity contribution in [2.24, 2.45) is 0 Å². The summed E-state index contributed by atoms with van der Waals surface area (Å²) in [6, 6.07) is 24.7. The van der Waals surface area contributed by atoms with E-state index in [1.54, 1.807) is 0 Å². The van der Waals surface area contributed by atoms with Crippen LogP contribution in [0.25, 0.3) is 22.0 Å². The summed E-state index contributed by atoms with van der Waals surface area (Å²) in [6.45, 7) is 2.84. The molecule has 0 aliphatic carbocycles. The first-order valence-electron chi connectivity index (χ1n) is 9.88. The molecule has 1 aromatic heterocycles. The molecule has 0 spiro atoms. The zero-order valence-corrected chi connectivity index (χ0v) is 16.1. The van der Waals surface area contributed by atoms with Gasteiger partial charge in [-0.1, -0.05) is 86.1 Å². The summed E-state index contributed by atoms with van der Waals surface area (Å²) >= 11 is 0. The fraction of sp³-hybridized carbons (Fsp3) is 0.200. The van der Waals surface area contributed by atoms with Gasteiger partial charge in [0.15, 0.2) is 6.29 Å². The minimum absolute atomic E-state index is 0.658. The van der Waals surface area contributed by atoms with E-state index in [0.29, 0.717) is 12.2 Å². The van der Waals surface area contributed by atoms with Crippen LogP contribution in [-0.4, -0.2) is 15.8 Å². The highest BCUT2D eigenvalue weighted by Gasteiger charge is 2.19. The standard InChI is InChI=1S/C25H24N2O/c1-2-3-16-24-26-25(22-15-9-13-20-12-7-8-14-21(20)22)23(18-28)27(24)17-19-10-5-4-6-11-19/h4-15,18H,2-3,16-17H2,1H3. The topological polar surface area (TPSA) is 34.9 Å². The number of nitrogens with zero attached hydrogens (tertiary/aromatic N) is 2. The number of aryl methyl sites for hydroxylation is 1. The lowest BCUT2D eigenvalue weighted by atomic mass is 10.0. The van der Waals surface area contributed by atoms with Gasteiger partial charge in [0.05, 0.1) is 0 Å². The monoisotopic (exact) mass is 368 g/mol. The molecule has 0 amide bonds. The lowest BCUT2D eigenvalue weighted by molar-refractivity contribution is 0.111. The molecule has 3 aromatic carbocycles. The zero-order valence-electron chi connectivity index (χ0n) is 16.1. The Morgan fingerprint density at radius 1 is 0.929 bits per heavy atom. The van der Waals surface area contributed by atoms with Crippen molar-refractivity contribution in [2.45, 2.75) is 32.7 Å². The van der Waals surface area contributed by atoms with Gasteiger partial charge in [-0.25, -0.2) is 4.98 Å². The summed E-state index contributed by atoms with van der Waals surface area (Å²) in [4.78, 5) is 17.1. The molecular weight excluding hydrogens is 344 g/mol. The van der Waals surface area contributed by atoms with Gasteiger partial charge in [0.1, 0.15) is 17.2 Å². The predicted octanol–water partition coefficient (Wildman–Crippen LogP) is 5.91. The third-order valence-corrected chi connectivity index (χ3v) is 5.18. The lowest BCUT2D eigenvalue weighted by Gasteiger charge is -2.10. The summed E-state index contributed by atoms with van der Waals surface area (Å²) in [5, 5.41) is 2.28. The molecule has 4 aromatic rings. The van der Waals surface area contributed by atoms with Gasteiger partial charge in [-0.2, -0.15) is 0 Å². The van der Waals surface area contributed by atoms with Gasteiger partial charge < -0.3 is 4.57 Å². The number of carbonyl (C=O) groups is 1. The van der Waals surface area contributed by atoms with Gasteiger partial charge in [-0.15, -0.1) is 0 Å². The molecule has 4 rings (SSSR count). The molecule has 0 fully saturated rings. The number of hydrogen-bond acceptors (Lipinski definition) is 2. The van der Waals surface area contributed by atoms with Gasteiger partial charge in [0.25, 0.3) is 0 Å². The normalized spacial score (nSPS) is 11.0. The lowest BCUT2D eigenvalue weighted by Crippen LogP contribution is -2.08. The SMILES string of the molecule is CCCCc1nc(-c2cccc3ccccc23)c(C=O)n1Cc1ccccc1. The Morgan fingerprint density at radius 2 is 1.68 bits per heavy atom. The maximum Gasteiger partial charge on any atom is 0.168 e. The van der Waals surface area contributed by atoms with E-state index < -0.39 is 0 Å². The van der Waals surface area contributed by atoms with Crippen LogP contribution in [0.5, 0.6) is 0 Å². The maximum atomic E-state index is 12.2. The van der Waals surface area contributed by atoms with Gasteiger partial charge in [-0.05, 0) is 22.8 Å². The van der Waals surface area contributed by atoms with Crippen LogP contribution in [0.2, 0.25) is 0 Å². The molecule has 0 aliphatic rings. The quantitative estimate of drug-likeness (QED) is 0.380. The predicted molar refractivity (Wildman–Crippen MR) is 115 cm³/mol. The Bertz CT molecular complexity index is 1090. The van der Waals surface area contributed by atoms with Gasteiger partial charge >= 0.3 is 0 Å². The number of fused-ring (bicyclic) bond motifs is 1. The van der Waals surface area contributed by atoms with Crippen LogP contribution < -0.4 is 0 Å². The molecule has 0 N–H and O–H groups in total. The third-order valence-electron chi connectivity index (χ3n) is 5.18. The summed E-state index contributed by atoms with van der Waals surface area (Å²) in [6.07, 6.45) is 3.98. The fourth-order valence-corrected chi connectivity index (χ4v) is 3.73. The molecule has 140 valence electrons. The number of unbranched alkanes of at least 4 members (excludes halogenated alkanes) is 1. The molecule has 0 aliphatic heterocycles. The summed E-state index contributed by atoms with van der Waals surface area (Å²) < 4.78 is 2.09. The molecule has 0 saturated carbocycles. The van der Waals surface area contributed by atoms with Crippen molar-refractivity contribution >= 4 is 17.1 Å². The van der Waals surface area contributed by atoms with Crippen molar-refractivity contribution in [3.63, 3.8) is 0 Å². The molecule has 0 radical (unpaired) electrons. The van der Waals surface area contributed by atoms with E-state index >= 15 is 0 Å². The van der Waals surface area contributed by atoms with E-state index in [4.69, 9.17) is 4.98 Å². The Balaban J connectivity index is 1.88. The molecule has 3 heteroatoms. The summed E-state index contributed by atoms with van der Waals surface area (Å²) in [7, 11) is 0. The molecule has 1 heterocycles. The van der Waals surface area contributed by atoms with E-state index in [-0.39, 0.29) is 0 Å². The molecule has 0 saturated heterocycles. The second-order valence-corrected chi connectivity index (χ2v) is 7.08. The minimum Gasteiger partial charge on any atom is -0.321 e. The molecule has 0 unspecified atom stereocenters. The van der Waals surface area contributed by atoms with Crippen LogP contribution in [-0.2, 0) is 13.0 Å². The second kappa shape index (κ2) is 8.22.